The van der Waals surface area contributed by atoms with E-state index in [0.717, 1.165) is 24.3 Å². The molecule has 2 N–H and O–H groups in total. The van der Waals surface area contributed by atoms with Crippen molar-refractivity contribution >= 4 is 17.3 Å². The van der Waals surface area contributed by atoms with Crippen molar-refractivity contribution in [3.63, 3.8) is 0 Å². The van der Waals surface area contributed by atoms with Crippen molar-refractivity contribution in [1.82, 2.24) is 0 Å². The van der Waals surface area contributed by atoms with Crippen LogP contribution in [0.15, 0.2) is 48.5 Å². The Kier molecular flexibility index (Phi) is 6.21. The van der Waals surface area contributed by atoms with E-state index < -0.39 is 0 Å². The lowest BCUT2D eigenvalue weighted by atomic mass is 10.1. The van der Waals surface area contributed by atoms with Crippen molar-refractivity contribution in [3.8, 4) is 0 Å². The topological polar surface area (TPSA) is 41.1 Å². The van der Waals surface area contributed by atoms with Crippen LogP contribution >= 0.6 is 0 Å². The summed E-state index contributed by atoms with van der Waals surface area (Å²) in [4.78, 5) is 11.8. The Morgan fingerprint density at radius 2 is 1.65 bits per heavy atom. The minimum atomic E-state index is 0.0623. The zero-order valence-corrected chi connectivity index (χ0v) is 14.2. The third-order valence-corrected chi connectivity index (χ3v) is 3.67. The maximum Gasteiger partial charge on any atom is 0.224 e. The van der Waals surface area contributed by atoms with E-state index in [0.29, 0.717) is 12.3 Å². The molecule has 0 heterocycles. The number of rotatable bonds is 7. The number of amides is 1. The highest BCUT2D eigenvalue weighted by Gasteiger charge is 2.05. The molecule has 0 unspecified atom stereocenters. The Bertz CT molecular complexity index is 632. The molecule has 2 aromatic rings. The molecule has 0 fully saturated rings. The zero-order chi connectivity index (χ0) is 16.7. The van der Waals surface area contributed by atoms with Gasteiger partial charge in [-0.25, -0.2) is 0 Å². The van der Waals surface area contributed by atoms with E-state index in [9.17, 15) is 4.79 Å². The molecule has 23 heavy (non-hydrogen) atoms. The van der Waals surface area contributed by atoms with Crippen LogP contribution in [0.4, 0.5) is 11.4 Å². The molecule has 122 valence electrons. The van der Waals surface area contributed by atoms with Crippen molar-refractivity contribution in [3.05, 3.63) is 59.7 Å². The lowest BCUT2D eigenvalue weighted by Crippen LogP contribution is -2.13. The van der Waals surface area contributed by atoms with Gasteiger partial charge in [0.2, 0.25) is 5.91 Å². The minimum Gasteiger partial charge on any atom is -0.381 e. The first-order chi connectivity index (χ1) is 11.1. The number of benzene rings is 2. The van der Waals surface area contributed by atoms with Gasteiger partial charge in [0.05, 0.1) is 0 Å². The van der Waals surface area contributed by atoms with Gasteiger partial charge in [-0.05, 0) is 41.7 Å². The number of hydrogen-bond acceptors (Lipinski definition) is 2. The lowest BCUT2D eigenvalue weighted by Gasteiger charge is -2.11. The van der Waals surface area contributed by atoms with Crippen LogP contribution in [0.5, 0.6) is 0 Å². The molecule has 0 radical (unpaired) electrons. The highest BCUT2D eigenvalue weighted by Crippen LogP contribution is 2.17. The van der Waals surface area contributed by atoms with Crippen molar-refractivity contribution < 1.29 is 4.79 Å². The predicted molar refractivity (Wildman–Crippen MR) is 97.7 cm³/mol. The summed E-state index contributed by atoms with van der Waals surface area (Å²) in [7, 11) is 0. The Labute approximate surface area is 139 Å². The number of carbonyl (C=O) groups is 1. The molecule has 3 heteroatoms. The molecule has 0 aliphatic carbocycles. The van der Waals surface area contributed by atoms with Crippen LogP contribution in [0.25, 0.3) is 0 Å². The Morgan fingerprint density at radius 3 is 2.30 bits per heavy atom. The van der Waals surface area contributed by atoms with Gasteiger partial charge < -0.3 is 10.6 Å². The van der Waals surface area contributed by atoms with E-state index >= 15 is 0 Å². The second-order valence-corrected chi connectivity index (χ2v) is 6.25. The fourth-order valence-electron chi connectivity index (χ4n) is 2.39. The van der Waals surface area contributed by atoms with Crippen molar-refractivity contribution in [2.24, 2.45) is 5.92 Å². The van der Waals surface area contributed by atoms with E-state index in [1.165, 1.54) is 11.1 Å². The first-order valence-electron chi connectivity index (χ1n) is 8.28. The summed E-state index contributed by atoms with van der Waals surface area (Å²) in [6.45, 7) is 7.02. The van der Waals surface area contributed by atoms with Gasteiger partial charge in [0.25, 0.3) is 0 Å². The van der Waals surface area contributed by atoms with Crippen LogP contribution in [0.2, 0.25) is 0 Å². The summed E-state index contributed by atoms with van der Waals surface area (Å²) >= 11 is 0. The Hall–Kier alpha value is -2.29. The summed E-state index contributed by atoms with van der Waals surface area (Å²) < 4.78 is 0. The maximum atomic E-state index is 11.8. The van der Waals surface area contributed by atoms with E-state index in [4.69, 9.17) is 0 Å². The average Bonchev–Trinajstić information content (AvgIpc) is 2.53. The third-order valence-electron chi connectivity index (χ3n) is 3.67. The van der Waals surface area contributed by atoms with E-state index in [2.05, 4.69) is 41.8 Å². The van der Waals surface area contributed by atoms with Crippen molar-refractivity contribution in [1.29, 1.82) is 0 Å². The second kappa shape index (κ2) is 8.37. The van der Waals surface area contributed by atoms with Gasteiger partial charge in [0.15, 0.2) is 0 Å². The molecule has 0 saturated carbocycles. The quantitative estimate of drug-likeness (QED) is 0.768. The predicted octanol–water partition coefficient (Wildman–Crippen LogP) is 4.85. The van der Waals surface area contributed by atoms with Crippen LogP contribution in [0.3, 0.4) is 0 Å². The SMILES string of the molecule is CCc1ccc(CNc2cccc(NC(=O)CC(C)C)c2)cc1. The summed E-state index contributed by atoms with van der Waals surface area (Å²) in [5.41, 5.74) is 4.44. The molecule has 0 atom stereocenters. The number of hydrogen-bond donors (Lipinski definition) is 2. The molecule has 0 spiro atoms. The fraction of sp³-hybridized carbons (Fsp3) is 0.350. The Balaban J connectivity index is 1.92. The van der Waals surface area contributed by atoms with Crippen molar-refractivity contribution in [2.75, 3.05) is 10.6 Å². The van der Waals surface area contributed by atoms with E-state index in [1.807, 2.05) is 38.1 Å². The normalized spacial score (nSPS) is 10.6. The highest BCUT2D eigenvalue weighted by molar-refractivity contribution is 5.91. The standard InChI is InChI=1S/C20H26N2O/c1-4-16-8-10-17(11-9-16)14-21-18-6-5-7-19(13-18)22-20(23)12-15(2)3/h5-11,13,15,21H,4,12,14H2,1-3H3,(H,22,23). The molecular formula is C20H26N2O. The van der Waals surface area contributed by atoms with Crippen LogP contribution in [-0.4, -0.2) is 5.91 Å². The molecule has 0 bridgehead atoms. The molecular weight excluding hydrogens is 284 g/mol. The molecule has 1 amide bonds. The second-order valence-electron chi connectivity index (χ2n) is 6.25. The number of anilines is 2. The van der Waals surface area contributed by atoms with Gasteiger partial charge in [-0.15, -0.1) is 0 Å². The lowest BCUT2D eigenvalue weighted by molar-refractivity contribution is -0.116. The molecule has 2 aromatic carbocycles. The summed E-state index contributed by atoms with van der Waals surface area (Å²) in [6, 6.07) is 16.5. The van der Waals surface area contributed by atoms with Gasteiger partial charge in [-0.3, -0.25) is 4.79 Å². The van der Waals surface area contributed by atoms with E-state index in [-0.39, 0.29) is 5.91 Å². The first kappa shape index (κ1) is 17.1. The van der Waals surface area contributed by atoms with Crippen LogP contribution in [-0.2, 0) is 17.8 Å². The molecule has 0 aromatic heterocycles. The third kappa shape index (κ3) is 5.78. The number of carbonyl (C=O) groups excluding carboxylic acids is 1. The summed E-state index contributed by atoms with van der Waals surface area (Å²) in [6.07, 6.45) is 1.60. The largest absolute Gasteiger partial charge is 0.381 e. The van der Waals surface area contributed by atoms with Gasteiger partial charge >= 0.3 is 0 Å². The van der Waals surface area contributed by atoms with Crippen LogP contribution in [0, 0.1) is 5.92 Å². The molecule has 0 saturated heterocycles. The monoisotopic (exact) mass is 310 g/mol. The molecule has 0 aliphatic rings. The van der Waals surface area contributed by atoms with Gasteiger partial charge in [-0.1, -0.05) is 51.1 Å². The molecule has 2 rings (SSSR count). The molecule has 0 aliphatic heterocycles. The molecule has 3 nitrogen and oxygen atoms in total. The first-order valence-corrected chi connectivity index (χ1v) is 8.28. The highest BCUT2D eigenvalue weighted by atomic mass is 16.1. The maximum absolute atomic E-state index is 11.8. The number of aryl methyl sites for hydroxylation is 1. The minimum absolute atomic E-state index is 0.0623. The van der Waals surface area contributed by atoms with Gasteiger partial charge in [0, 0.05) is 24.3 Å². The van der Waals surface area contributed by atoms with Crippen molar-refractivity contribution in [2.45, 2.75) is 40.2 Å². The van der Waals surface area contributed by atoms with Gasteiger partial charge in [0.1, 0.15) is 0 Å². The average molecular weight is 310 g/mol. The summed E-state index contributed by atoms with van der Waals surface area (Å²) in [5.74, 6) is 0.426. The number of nitrogens with one attached hydrogen (secondary N) is 2. The van der Waals surface area contributed by atoms with Crippen LogP contribution in [0.1, 0.15) is 38.3 Å². The Morgan fingerprint density at radius 1 is 1.00 bits per heavy atom. The zero-order valence-electron chi connectivity index (χ0n) is 14.2. The van der Waals surface area contributed by atoms with Gasteiger partial charge in [-0.2, -0.15) is 0 Å². The summed E-state index contributed by atoms with van der Waals surface area (Å²) in [5, 5.41) is 6.35. The fourth-order valence-corrected chi connectivity index (χ4v) is 2.39. The van der Waals surface area contributed by atoms with E-state index in [1.54, 1.807) is 0 Å². The van der Waals surface area contributed by atoms with Crippen LogP contribution < -0.4 is 10.6 Å². The smallest absolute Gasteiger partial charge is 0.224 e.